The minimum Gasteiger partial charge on any atom is -0.377 e. The molecule has 0 bridgehead atoms. The summed E-state index contributed by atoms with van der Waals surface area (Å²) in [5, 5.41) is 0. The summed E-state index contributed by atoms with van der Waals surface area (Å²) >= 11 is 3.48. The van der Waals surface area contributed by atoms with Gasteiger partial charge in [-0.3, -0.25) is 0 Å². The quantitative estimate of drug-likeness (QED) is 0.925. The maximum atomic E-state index is 5.68. The van der Waals surface area contributed by atoms with E-state index in [2.05, 4.69) is 38.8 Å². The maximum Gasteiger partial charge on any atom is 0.128 e. The van der Waals surface area contributed by atoms with Crippen LogP contribution in [-0.4, -0.2) is 37.3 Å². The Kier molecular flexibility index (Phi) is 4.97. The van der Waals surface area contributed by atoms with E-state index in [9.17, 15) is 0 Å². The lowest BCUT2D eigenvalue weighted by Crippen LogP contribution is -2.38. The van der Waals surface area contributed by atoms with Crippen LogP contribution in [0.2, 0.25) is 0 Å². The van der Waals surface area contributed by atoms with E-state index in [-0.39, 0.29) is 0 Å². The second-order valence-electron chi connectivity index (χ2n) is 4.64. The molecule has 1 aromatic heterocycles. The normalized spacial score (nSPS) is 17.2. The number of nitrogens with two attached hydrogens (primary N) is 1. The highest BCUT2D eigenvalue weighted by atomic mass is 79.9. The number of ether oxygens (including phenoxy) is 1. The molecule has 2 rings (SSSR count). The number of pyridine rings is 1. The van der Waals surface area contributed by atoms with Gasteiger partial charge in [0.25, 0.3) is 0 Å². The molecule has 100 valence electrons. The summed E-state index contributed by atoms with van der Waals surface area (Å²) in [6, 6.07) is 2.13. The predicted octanol–water partition coefficient (Wildman–Crippen LogP) is 2.10. The van der Waals surface area contributed by atoms with Crippen molar-refractivity contribution < 1.29 is 4.74 Å². The molecular formula is C13H20BrN3O. The number of anilines is 1. The Labute approximate surface area is 117 Å². The number of aryl methyl sites for hydroxylation is 1. The standard InChI is InChI=1S/C13H20BrN3O/c1-10-8-13(16-9-12(10)14)17-5-2-11(3-6-17)18-7-4-15/h8-9,11H,2-7,15H2,1H3. The number of halogens is 1. The van der Waals surface area contributed by atoms with Crippen LogP contribution < -0.4 is 10.6 Å². The highest BCUT2D eigenvalue weighted by molar-refractivity contribution is 9.10. The second-order valence-corrected chi connectivity index (χ2v) is 5.49. The molecule has 5 heteroatoms. The molecule has 1 fully saturated rings. The van der Waals surface area contributed by atoms with E-state index in [1.165, 1.54) is 5.56 Å². The molecule has 1 saturated heterocycles. The minimum atomic E-state index is 0.362. The number of hydrogen-bond donors (Lipinski definition) is 1. The van der Waals surface area contributed by atoms with Crippen LogP contribution >= 0.6 is 15.9 Å². The van der Waals surface area contributed by atoms with E-state index < -0.39 is 0 Å². The molecule has 1 aliphatic heterocycles. The summed E-state index contributed by atoms with van der Waals surface area (Å²) < 4.78 is 6.74. The smallest absolute Gasteiger partial charge is 0.128 e. The van der Waals surface area contributed by atoms with Crippen molar-refractivity contribution in [3.63, 3.8) is 0 Å². The van der Waals surface area contributed by atoms with Crippen molar-refractivity contribution in [1.29, 1.82) is 0 Å². The fraction of sp³-hybridized carbons (Fsp3) is 0.615. The van der Waals surface area contributed by atoms with Crippen LogP contribution in [-0.2, 0) is 4.74 Å². The molecule has 4 nitrogen and oxygen atoms in total. The summed E-state index contributed by atoms with van der Waals surface area (Å²) in [6.45, 7) is 5.37. The van der Waals surface area contributed by atoms with Gasteiger partial charge in [-0.05, 0) is 47.3 Å². The number of piperidine rings is 1. The largest absolute Gasteiger partial charge is 0.377 e. The molecule has 0 aliphatic carbocycles. The van der Waals surface area contributed by atoms with Crippen molar-refractivity contribution in [3.05, 3.63) is 22.3 Å². The second kappa shape index (κ2) is 6.50. The van der Waals surface area contributed by atoms with E-state index in [1.807, 2.05) is 6.20 Å². The van der Waals surface area contributed by atoms with Crippen LogP contribution in [0, 0.1) is 6.92 Å². The summed E-state index contributed by atoms with van der Waals surface area (Å²) in [6.07, 6.45) is 4.34. The lowest BCUT2D eigenvalue weighted by molar-refractivity contribution is 0.0421. The van der Waals surface area contributed by atoms with Gasteiger partial charge in [-0.1, -0.05) is 0 Å². The van der Waals surface area contributed by atoms with Gasteiger partial charge in [0.05, 0.1) is 12.7 Å². The average molecular weight is 314 g/mol. The van der Waals surface area contributed by atoms with Crippen molar-refractivity contribution in [3.8, 4) is 0 Å². The zero-order valence-electron chi connectivity index (χ0n) is 10.7. The maximum absolute atomic E-state index is 5.68. The Hall–Kier alpha value is -0.650. The third kappa shape index (κ3) is 3.43. The van der Waals surface area contributed by atoms with Gasteiger partial charge in [0.1, 0.15) is 5.82 Å². The van der Waals surface area contributed by atoms with Gasteiger partial charge in [0.2, 0.25) is 0 Å². The van der Waals surface area contributed by atoms with E-state index in [0.717, 1.165) is 36.2 Å². The average Bonchev–Trinajstić information content (AvgIpc) is 2.40. The Morgan fingerprint density at radius 1 is 1.50 bits per heavy atom. The van der Waals surface area contributed by atoms with Gasteiger partial charge >= 0.3 is 0 Å². The van der Waals surface area contributed by atoms with E-state index in [0.29, 0.717) is 19.3 Å². The Bertz CT molecular complexity index is 392. The zero-order chi connectivity index (χ0) is 13.0. The van der Waals surface area contributed by atoms with Crippen molar-refractivity contribution in [1.82, 2.24) is 4.98 Å². The summed E-state index contributed by atoms with van der Waals surface area (Å²) in [5.41, 5.74) is 6.67. The molecular weight excluding hydrogens is 294 g/mol. The van der Waals surface area contributed by atoms with Crippen molar-refractivity contribution in [2.75, 3.05) is 31.1 Å². The molecule has 1 aliphatic rings. The first-order valence-corrected chi connectivity index (χ1v) is 7.18. The van der Waals surface area contributed by atoms with Gasteiger partial charge in [0, 0.05) is 30.3 Å². The Morgan fingerprint density at radius 3 is 2.83 bits per heavy atom. The first kappa shape index (κ1) is 13.8. The Morgan fingerprint density at radius 2 is 2.22 bits per heavy atom. The van der Waals surface area contributed by atoms with Gasteiger partial charge in [-0.2, -0.15) is 0 Å². The van der Waals surface area contributed by atoms with Gasteiger partial charge in [-0.15, -0.1) is 0 Å². The van der Waals surface area contributed by atoms with Crippen LogP contribution in [0.1, 0.15) is 18.4 Å². The van der Waals surface area contributed by atoms with E-state index in [4.69, 9.17) is 10.5 Å². The molecule has 0 aromatic carbocycles. The fourth-order valence-corrected chi connectivity index (χ4v) is 2.40. The summed E-state index contributed by atoms with van der Waals surface area (Å²) in [7, 11) is 0. The first-order chi connectivity index (χ1) is 8.70. The SMILES string of the molecule is Cc1cc(N2CCC(OCCN)CC2)ncc1Br. The topological polar surface area (TPSA) is 51.4 Å². The molecule has 0 atom stereocenters. The highest BCUT2D eigenvalue weighted by Gasteiger charge is 2.20. The van der Waals surface area contributed by atoms with Crippen molar-refractivity contribution >= 4 is 21.7 Å². The fourth-order valence-electron chi connectivity index (χ4n) is 2.18. The highest BCUT2D eigenvalue weighted by Crippen LogP contribution is 2.23. The molecule has 0 radical (unpaired) electrons. The lowest BCUT2D eigenvalue weighted by atomic mass is 10.1. The monoisotopic (exact) mass is 313 g/mol. The molecule has 1 aromatic rings. The number of nitrogens with zero attached hydrogens (tertiary/aromatic N) is 2. The van der Waals surface area contributed by atoms with E-state index in [1.54, 1.807) is 0 Å². The summed E-state index contributed by atoms with van der Waals surface area (Å²) in [5.74, 6) is 1.06. The van der Waals surface area contributed by atoms with Gasteiger partial charge in [-0.25, -0.2) is 4.98 Å². The van der Waals surface area contributed by atoms with Crippen molar-refractivity contribution in [2.24, 2.45) is 5.73 Å². The third-order valence-corrected chi connectivity index (χ3v) is 4.10. The Balaban J connectivity index is 1.90. The molecule has 0 unspecified atom stereocenters. The molecule has 0 spiro atoms. The molecule has 2 N–H and O–H groups in total. The van der Waals surface area contributed by atoms with Gasteiger partial charge < -0.3 is 15.4 Å². The zero-order valence-corrected chi connectivity index (χ0v) is 12.3. The number of rotatable bonds is 4. The predicted molar refractivity (Wildman–Crippen MR) is 76.9 cm³/mol. The molecule has 0 amide bonds. The van der Waals surface area contributed by atoms with Crippen LogP contribution in [0.15, 0.2) is 16.7 Å². The number of hydrogen-bond acceptors (Lipinski definition) is 4. The van der Waals surface area contributed by atoms with Crippen LogP contribution in [0.5, 0.6) is 0 Å². The number of aromatic nitrogens is 1. The van der Waals surface area contributed by atoms with Crippen LogP contribution in [0.4, 0.5) is 5.82 Å². The minimum absolute atomic E-state index is 0.362. The van der Waals surface area contributed by atoms with Gasteiger partial charge in [0.15, 0.2) is 0 Å². The van der Waals surface area contributed by atoms with Crippen molar-refractivity contribution in [2.45, 2.75) is 25.9 Å². The molecule has 2 heterocycles. The lowest BCUT2D eigenvalue weighted by Gasteiger charge is -2.32. The van der Waals surface area contributed by atoms with Crippen LogP contribution in [0.25, 0.3) is 0 Å². The molecule has 0 saturated carbocycles. The third-order valence-electron chi connectivity index (χ3n) is 3.27. The first-order valence-electron chi connectivity index (χ1n) is 6.39. The van der Waals surface area contributed by atoms with E-state index >= 15 is 0 Å². The molecule has 18 heavy (non-hydrogen) atoms. The van der Waals surface area contributed by atoms with Crippen LogP contribution in [0.3, 0.4) is 0 Å². The summed E-state index contributed by atoms with van der Waals surface area (Å²) in [4.78, 5) is 6.79.